The number of halogens is 1. The van der Waals surface area contributed by atoms with Gasteiger partial charge in [-0.3, -0.25) is 9.69 Å². The number of benzene rings is 3. The van der Waals surface area contributed by atoms with Gasteiger partial charge in [-0.05, 0) is 78.9 Å². The third kappa shape index (κ3) is 4.98. The van der Waals surface area contributed by atoms with Gasteiger partial charge >= 0.3 is 0 Å². The Hall–Kier alpha value is -2.82. The molecule has 4 nitrogen and oxygen atoms in total. The lowest BCUT2D eigenvalue weighted by Crippen LogP contribution is -2.29. The first-order valence-electron chi connectivity index (χ1n) is 11.4. The van der Waals surface area contributed by atoms with Crippen LogP contribution in [0.15, 0.2) is 66.7 Å². The third-order valence-electron chi connectivity index (χ3n) is 6.37. The first-order chi connectivity index (χ1) is 15.3. The molecule has 0 saturated carbocycles. The molecular formula is C27H30ClN3O. The van der Waals surface area contributed by atoms with Crippen molar-refractivity contribution >= 4 is 29.7 Å². The Kier molecular flexibility index (Phi) is 7.13. The molecule has 2 aliphatic heterocycles. The fourth-order valence-corrected chi connectivity index (χ4v) is 4.70. The highest BCUT2D eigenvalue weighted by molar-refractivity contribution is 6.05. The predicted octanol–water partition coefficient (Wildman–Crippen LogP) is 5.98. The van der Waals surface area contributed by atoms with E-state index in [0.717, 1.165) is 44.0 Å². The zero-order valence-electron chi connectivity index (χ0n) is 18.3. The van der Waals surface area contributed by atoms with Crippen LogP contribution in [-0.4, -0.2) is 30.4 Å². The molecule has 0 aliphatic carbocycles. The van der Waals surface area contributed by atoms with Crippen molar-refractivity contribution in [3.63, 3.8) is 0 Å². The minimum Gasteiger partial charge on any atom is -0.384 e. The molecule has 0 atom stereocenters. The molecule has 3 aromatic carbocycles. The quantitative estimate of drug-likeness (QED) is 0.505. The summed E-state index contributed by atoms with van der Waals surface area (Å²) in [6, 6.07) is 22.7. The summed E-state index contributed by atoms with van der Waals surface area (Å²) in [5.41, 5.74) is 7.62. The van der Waals surface area contributed by atoms with Gasteiger partial charge in [-0.1, -0.05) is 48.9 Å². The molecule has 32 heavy (non-hydrogen) atoms. The smallest absolute Gasteiger partial charge is 0.255 e. The number of rotatable bonds is 5. The molecule has 0 spiro atoms. The van der Waals surface area contributed by atoms with E-state index in [9.17, 15) is 4.79 Å². The van der Waals surface area contributed by atoms with Crippen LogP contribution in [0.5, 0.6) is 0 Å². The monoisotopic (exact) mass is 447 g/mol. The van der Waals surface area contributed by atoms with Crippen molar-refractivity contribution in [2.24, 2.45) is 0 Å². The lowest BCUT2D eigenvalue weighted by molar-refractivity contribution is 0.102. The van der Waals surface area contributed by atoms with Crippen LogP contribution in [-0.2, 0) is 13.0 Å². The van der Waals surface area contributed by atoms with Crippen LogP contribution in [0.2, 0.25) is 0 Å². The molecule has 5 rings (SSSR count). The maximum atomic E-state index is 13.1. The van der Waals surface area contributed by atoms with E-state index in [4.69, 9.17) is 0 Å². The molecule has 0 unspecified atom stereocenters. The lowest BCUT2D eigenvalue weighted by atomic mass is 9.96. The maximum Gasteiger partial charge on any atom is 0.255 e. The van der Waals surface area contributed by atoms with Crippen molar-refractivity contribution in [2.45, 2.75) is 32.2 Å². The van der Waals surface area contributed by atoms with E-state index in [2.05, 4.69) is 58.0 Å². The zero-order chi connectivity index (χ0) is 21.0. The van der Waals surface area contributed by atoms with Crippen molar-refractivity contribution < 1.29 is 4.79 Å². The molecule has 2 aliphatic rings. The summed E-state index contributed by atoms with van der Waals surface area (Å²) in [5.74, 6) is -0.0579. The molecular weight excluding hydrogens is 418 g/mol. The van der Waals surface area contributed by atoms with Crippen LogP contribution >= 0.6 is 12.4 Å². The van der Waals surface area contributed by atoms with Gasteiger partial charge < -0.3 is 10.6 Å². The average Bonchev–Trinajstić information content (AvgIpc) is 3.28. The van der Waals surface area contributed by atoms with E-state index in [1.807, 2.05) is 24.3 Å². The van der Waals surface area contributed by atoms with Gasteiger partial charge in [0.25, 0.3) is 5.91 Å². The highest BCUT2D eigenvalue weighted by Crippen LogP contribution is 2.29. The molecule has 1 saturated heterocycles. The molecule has 0 bridgehead atoms. The number of fused-ring (bicyclic) bond motifs is 1. The fraction of sp³-hybridized carbons (Fsp3) is 0.296. The molecule has 3 aromatic rings. The van der Waals surface area contributed by atoms with Crippen LogP contribution in [0.1, 0.15) is 40.7 Å². The molecule has 1 amide bonds. The second kappa shape index (κ2) is 10.2. The number of carbonyl (C=O) groups is 1. The first-order valence-corrected chi connectivity index (χ1v) is 11.4. The SMILES string of the molecule is Cl.O=C(Nc1ccc2c(c1)NCC2)c1ccc(-c2ccccc2)c(CN2CCCCC2)c1. The van der Waals surface area contributed by atoms with Gasteiger partial charge in [-0.15, -0.1) is 12.4 Å². The maximum absolute atomic E-state index is 13.1. The molecule has 0 aromatic heterocycles. The number of hydrogen-bond acceptors (Lipinski definition) is 3. The van der Waals surface area contributed by atoms with E-state index >= 15 is 0 Å². The van der Waals surface area contributed by atoms with E-state index < -0.39 is 0 Å². The normalized spacial score (nSPS) is 15.4. The fourth-order valence-electron chi connectivity index (χ4n) is 4.70. The van der Waals surface area contributed by atoms with Gasteiger partial charge in [0.2, 0.25) is 0 Å². The summed E-state index contributed by atoms with van der Waals surface area (Å²) in [7, 11) is 0. The van der Waals surface area contributed by atoms with Crippen LogP contribution in [0, 0.1) is 0 Å². The average molecular weight is 448 g/mol. The Bertz CT molecular complexity index is 1080. The molecule has 166 valence electrons. The van der Waals surface area contributed by atoms with Crippen LogP contribution < -0.4 is 10.6 Å². The Morgan fingerprint density at radius 2 is 1.75 bits per heavy atom. The van der Waals surface area contributed by atoms with E-state index in [-0.39, 0.29) is 18.3 Å². The summed E-state index contributed by atoms with van der Waals surface area (Å²) in [6.07, 6.45) is 4.88. The number of anilines is 2. The van der Waals surface area contributed by atoms with Gasteiger partial charge in [0.15, 0.2) is 0 Å². The highest BCUT2D eigenvalue weighted by atomic mass is 35.5. The summed E-state index contributed by atoms with van der Waals surface area (Å²) in [6.45, 7) is 4.11. The third-order valence-corrected chi connectivity index (χ3v) is 6.37. The molecule has 5 heteroatoms. The zero-order valence-corrected chi connectivity index (χ0v) is 19.1. The van der Waals surface area contributed by atoms with Gasteiger partial charge in [-0.2, -0.15) is 0 Å². The number of carbonyl (C=O) groups excluding carboxylic acids is 1. The minimum atomic E-state index is -0.0579. The number of likely N-dealkylation sites (tertiary alicyclic amines) is 1. The Morgan fingerprint density at radius 3 is 2.56 bits per heavy atom. The van der Waals surface area contributed by atoms with Crippen molar-refractivity contribution in [2.75, 3.05) is 30.3 Å². The number of piperidine rings is 1. The minimum absolute atomic E-state index is 0. The molecule has 2 N–H and O–H groups in total. The summed E-state index contributed by atoms with van der Waals surface area (Å²) >= 11 is 0. The van der Waals surface area contributed by atoms with E-state index in [1.165, 1.54) is 41.5 Å². The van der Waals surface area contributed by atoms with Crippen molar-refractivity contribution in [3.05, 3.63) is 83.4 Å². The Labute approximate surface area is 196 Å². The number of amides is 1. The second-order valence-electron chi connectivity index (χ2n) is 8.58. The van der Waals surface area contributed by atoms with Crippen molar-refractivity contribution in [1.82, 2.24) is 4.90 Å². The van der Waals surface area contributed by atoms with Gasteiger partial charge in [0, 0.05) is 30.0 Å². The molecule has 1 fully saturated rings. The van der Waals surface area contributed by atoms with Crippen LogP contribution in [0.3, 0.4) is 0 Å². The largest absolute Gasteiger partial charge is 0.384 e. The lowest BCUT2D eigenvalue weighted by Gasteiger charge is -2.27. The summed E-state index contributed by atoms with van der Waals surface area (Å²) < 4.78 is 0. The van der Waals surface area contributed by atoms with Crippen molar-refractivity contribution in [1.29, 1.82) is 0 Å². The van der Waals surface area contributed by atoms with Gasteiger partial charge in [0.05, 0.1) is 0 Å². The number of hydrogen-bond donors (Lipinski definition) is 2. The topological polar surface area (TPSA) is 44.4 Å². The van der Waals surface area contributed by atoms with E-state index in [0.29, 0.717) is 5.56 Å². The summed E-state index contributed by atoms with van der Waals surface area (Å²) in [5, 5.41) is 6.46. The van der Waals surface area contributed by atoms with E-state index in [1.54, 1.807) is 0 Å². The van der Waals surface area contributed by atoms with Crippen molar-refractivity contribution in [3.8, 4) is 11.1 Å². The van der Waals surface area contributed by atoms with Crippen LogP contribution in [0.4, 0.5) is 11.4 Å². The van der Waals surface area contributed by atoms with Crippen LogP contribution in [0.25, 0.3) is 11.1 Å². The second-order valence-corrected chi connectivity index (χ2v) is 8.58. The molecule has 0 radical (unpaired) electrons. The Morgan fingerprint density at radius 1 is 0.938 bits per heavy atom. The van der Waals surface area contributed by atoms with Gasteiger partial charge in [-0.25, -0.2) is 0 Å². The van der Waals surface area contributed by atoms with Gasteiger partial charge in [0.1, 0.15) is 0 Å². The predicted molar refractivity (Wildman–Crippen MR) is 135 cm³/mol. The highest BCUT2D eigenvalue weighted by Gasteiger charge is 2.17. The summed E-state index contributed by atoms with van der Waals surface area (Å²) in [4.78, 5) is 15.6. The number of nitrogens with one attached hydrogen (secondary N) is 2. The standard InChI is InChI=1S/C27H29N3O.ClH/c31-27(29-24-11-9-21-13-14-28-26(21)18-24)22-10-12-25(20-7-3-1-4-8-20)23(17-22)19-30-15-5-2-6-16-30;/h1,3-4,7-12,17-18,28H,2,5-6,13-16,19H2,(H,29,31);1H. The Balaban J connectivity index is 0.00000245. The first kappa shape index (κ1) is 22.4. The number of nitrogens with zero attached hydrogens (tertiary/aromatic N) is 1. The molecule has 2 heterocycles.